The van der Waals surface area contributed by atoms with Crippen LogP contribution in [0.5, 0.6) is 11.8 Å². The summed E-state index contributed by atoms with van der Waals surface area (Å²) in [4.78, 5) is 28.0. The maximum absolute atomic E-state index is 15.7. The molecule has 318 valence electrons. The SMILES string of the molecule is CCCCCCC(CCCCCC)N1C(=O)c2c3c(c4nc5ccccc5c4c4c(O)n(C(CCCCCC)CCCCCC)c(O)c(c5nc6ccccc6c25)c34)C1O. The number of amides is 1. The van der Waals surface area contributed by atoms with E-state index in [1.165, 1.54) is 0 Å². The van der Waals surface area contributed by atoms with Crippen LogP contribution in [-0.4, -0.2) is 46.7 Å². The number of para-hydroxylation sites is 2. The number of hydrogen-bond donors (Lipinski definition) is 3. The summed E-state index contributed by atoms with van der Waals surface area (Å²) in [5.74, 6) is -0.257. The molecule has 8 rings (SSSR count). The third-order valence-electron chi connectivity index (χ3n) is 13.7. The van der Waals surface area contributed by atoms with Gasteiger partial charge in [-0.05, 0) is 37.8 Å². The summed E-state index contributed by atoms with van der Waals surface area (Å²) in [5.41, 5.74) is 3.75. The Balaban J connectivity index is 1.47. The molecule has 1 unspecified atom stereocenters. The summed E-state index contributed by atoms with van der Waals surface area (Å²) < 4.78 is 1.80. The highest BCUT2D eigenvalue weighted by Gasteiger charge is 2.43. The molecule has 3 N–H and O–H groups in total. The fourth-order valence-electron chi connectivity index (χ4n) is 10.7. The summed E-state index contributed by atoms with van der Waals surface area (Å²) in [6.45, 7) is 8.86. The number of carbonyl (C=O) groups is 1. The highest BCUT2D eigenvalue weighted by Crippen LogP contribution is 2.56. The van der Waals surface area contributed by atoms with Crippen molar-refractivity contribution < 1.29 is 20.1 Å². The molecule has 4 heterocycles. The van der Waals surface area contributed by atoms with Crippen molar-refractivity contribution in [2.75, 3.05) is 0 Å². The number of rotatable bonds is 22. The Bertz CT molecular complexity index is 2590. The van der Waals surface area contributed by atoms with Crippen LogP contribution < -0.4 is 0 Å². The lowest BCUT2D eigenvalue weighted by molar-refractivity contribution is -0.0191. The molecule has 8 nitrogen and oxygen atoms in total. The van der Waals surface area contributed by atoms with E-state index in [-0.39, 0.29) is 29.8 Å². The van der Waals surface area contributed by atoms with E-state index in [0.29, 0.717) is 49.1 Å². The summed E-state index contributed by atoms with van der Waals surface area (Å²) in [6.07, 6.45) is 19.3. The monoisotopic (exact) mass is 811 g/mol. The van der Waals surface area contributed by atoms with Gasteiger partial charge in [-0.2, -0.15) is 0 Å². The van der Waals surface area contributed by atoms with Gasteiger partial charge in [-0.3, -0.25) is 9.36 Å². The van der Waals surface area contributed by atoms with Crippen molar-refractivity contribution in [3.05, 3.63) is 59.7 Å². The van der Waals surface area contributed by atoms with Gasteiger partial charge in [-0.15, -0.1) is 0 Å². The van der Waals surface area contributed by atoms with Gasteiger partial charge in [0.15, 0.2) is 6.23 Å². The summed E-state index contributed by atoms with van der Waals surface area (Å²) in [6, 6.07) is 15.6. The highest BCUT2D eigenvalue weighted by molar-refractivity contribution is 6.41. The number of carbonyl (C=O) groups excluding carboxylic acids is 1. The van der Waals surface area contributed by atoms with Crippen LogP contribution in [0.15, 0.2) is 48.5 Å². The number of nitrogens with zero attached hydrogens (tertiary/aromatic N) is 4. The molecule has 0 radical (unpaired) electrons. The quantitative estimate of drug-likeness (QED) is 0.0588. The Kier molecular flexibility index (Phi) is 13.0. The van der Waals surface area contributed by atoms with Crippen molar-refractivity contribution in [1.29, 1.82) is 0 Å². The van der Waals surface area contributed by atoms with Crippen molar-refractivity contribution in [3.63, 3.8) is 0 Å². The minimum atomic E-state index is -1.26. The second-order valence-electron chi connectivity index (χ2n) is 17.8. The van der Waals surface area contributed by atoms with E-state index in [9.17, 15) is 15.3 Å². The van der Waals surface area contributed by atoms with Gasteiger partial charge >= 0.3 is 0 Å². The predicted molar refractivity (Wildman–Crippen MR) is 249 cm³/mol. The van der Waals surface area contributed by atoms with Crippen molar-refractivity contribution in [1.82, 2.24) is 19.4 Å². The minimum absolute atomic E-state index is 0.0128. The molecule has 0 aliphatic carbocycles. The second-order valence-corrected chi connectivity index (χ2v) is 17.8. The maximum Gasteiger partial charge on any atom is 0.257 e. The standard InChI is InChI=1S/C52H66N4O4/c1-5-9-13-17-25-33(26-18-14-10-6-2)55-49(57)43-39-35-29-21-23-31-37(35)54-48(39)46-42-41(43)45(51(55)59)47-40(36-30-22-24-32-38(36)53-47)44(42)50(58)56(52(46)60)34(27-19-15-11-7-3)28-20-16-12-8-4/h21-24,29-34,51,58-60H,5-20,25-28H2,1-4H3. The smallest absolute Gasteiger partial charge is 0.257 e. The first-order valence-corrected chi connectivity index (χ1v) is 23.7. The van der Waals surface area contributed by atoms with E-state index in [0.717, 1.165) is 156 Å². The van der Waals surface area contributed by atoms with E-state index in [2.05, 4.69) is 27.7 Å². The zero-order valence-corrected chi connectivity index (χ0v) is 36.5. The zero-order valence-electron chi connectivity index (χ0n) is 36.5. The average Bonchev–Trinajstić information content (AvgIpc) is 3.83. The van der Waals surface area contributed by atoms with Gasteiger partial charge in [-0.1, -0.05) is 167 Å². The van der Waals surface area contributed by atoms with Crippen LogP contribution in [0, 0.1) is 0 Å². The van der Waals surface area contributed by atoms with Crippen LogP contribution in [0.1, 0.15) is 184 Å². The van der Waals surface area contributed by atoms with Crippen molar-refractivity contribution >= 4 is 71.1 Å². The Morgan fingerprint density at radius 1 is 0.533 bits per heavy atom. The molecule has 0 bridgehead atoms. The normalized spacial score (nSPS) is 14.7. The molecule has 3 aromatic heterocycles. The molecule has 7 aromatic rings. The molecule has 0 saturated carbocycles. The van der Waals surface area contributed by atoms with Gasteiger partial charge in [0.25, 0.3) is 5.91 Å². The molecule has 0 spiro atoms. The van der Waals surface area contributed by atoms with E-state index in [1.807, 2.05) is 48.5 Å². The maximum atomic E-state index is 15.7. The van der Waals surface area contributed by atoms with Crippen molar-refractivity contribution in [3.8, 4) is 11.8 Å². The topological polar surface area (TPSA) is 112 Å². The van der Waals surface area contributed by atoms with E-state index in [1.54, 1.807) is 9.47 Å². The van der Waals surface area contributed by atoms with Crippen LogP contribution >= 0.6 is 0 Å². The van der Waals surface area contributed by atoms with Crippen molar-refractivity contribution in [2.24, 2.45) is 0 Å². The first kappa shape index (κ1) is 42.0. The van der Waals surface area contributed by atoms with Gasteiger partial charge in [0, 0.05) is 50.0 Å². The van der Waals surface area contributed by atoms with Gasteiger partial charge in [0.1, 0.15) is 0 Å². The fourth-order valence-corrected chi connectivity index (χ4v) is 10.7. The number of aromatic nitrogens is 3. The molecule has 1 atom stereocenters. The molecule has 0 fully saturated rings. The van der Waals surface area contributed by atoms with E-state index < -0.39 is 6.23 Å². The zero-order chi connectivity index (χ0) is 41.9. The molecule has 4 aromatic carbocycles. The Morgan fingerprint density at radius 3 is 1.53 bits per heavy atom. The molecule has 1 aliphatic heterocycles. The summed E-state index contributed by atoms with van der Waals surface area (Å²) in [7, 11) is 0. The van der Waals surface area contributed by atoms with Crippen LogP contribution in [0.25, 0.3) is 65.2 Å². The molecular weight excluding hydrogens is 745 g/mol. The number of aromatic hydroxyl groups is 2. The third kappa shape index (κ3) is 7.31. The number of aliphatic hydroxyl groups excluding tert-OH is 1. The van der Waals surface area contributed by atoms with Gasteiger partial charge in [-0.25, -0.2) is 9.97 Å². The molecule has 8 heteroatoms. The number of fused-ring (bicyclic) bond motifs is 10. The lowest BCUT2D eigenvalue weighted by Crippen LogP contribution is -2.45. The molecule has 1 amide bonds. The fraction of sp³-hybridized carbons (Fsp3) is 0.519. The number of unbranched alkanes of at least 4 members (excludes halogenated alkanes) is 12. The van der Waals surface area contributed by atoms with Crippen LogP contribution in [-0.2, 0) is 0 Å². The molecule has 1 aliphatic rings. The van der Waals surface area contributed by atoms with Gasteiger partial charge < -0.3 is 20.2 Å². The highest BCUT2D eigenvalue weighted by atomic mass is 16.3. The Morgan fingerprint density at radius 2 is 1.00 bits per heavy atom. The Hall–Kier alpha value is -4.69. The van der Waals surface area contributed by atoms with Gasteiger partial charge in [0.2, 0.25) is 11.8 Å². The first-order chi connectivity index (χ1) is 29.4. The average molecular weight is 811 g/mol. The van der Waals surface area contributed by atoms with Gasteiger partial charge in [0.05, 0.1) is 38.4 Å². The van der Waals surface area contributed by atoms with E-state index in [4.69, 9.17) is 9.97 Å². The number of aliphatic hydroxyl groups is 1. The first-order valence-electron chi connectivity index (χ1n) is 23.7. The van der Waals surface area contributed by atoms with Crippen molar-refractivity contribution in [2.45, 2.75) is 174 Å². The lowest BCUT2D eigenvalue weighted by Gasteiger charge is -2.40. The number of benzene rings is 4. The number of pyridine rings is 1. The minimum Gasteiger partial charge on any atom is -0.494 e. The second kappa shape index (κ2) is 18.5. The molecule has 60 heavy (non-hydrogen) atoms. The van der Waals surface area contributed by atoms with E-state index >= 15 is 4.79 Å². The molecular formula is C52H66N4O4. The largest absolute Gasteiger partial charge is 0.494 e. The summed E-state index contributed by atoms with van der Waals surface area (Å²) in [5, 5.41) is 44.2. The van der Waals surface area contributed by atoms with Crippen LogP contribution in [0.3, 0.4) is 0 Å². The Labute approximate surface area is 355 Å². The summed E-state index contributed by atoms with van der Waals surface area (Å²) >= 11 is 0. The van der Waals surface area contributed by atoms with Crippen LogP contribution in [0.2, 0.25) is 0 Å². The molecule has 0 saturated heterocycles. The number of hydrogen-bond acceptors (Lipinski definition) is 6. The third-order valence-corrected chi connectivity index (χ3v) is 13.7. The lowest BCUT2D eigenvalue weighted by atomic mass is 9.83. The predicted octanol–water partition coefficient (Wildman–Crippen LogP) is 14.3. The van der Waals surface area contributed by atoms with Crippen LogP contribution in [0.4, 0.5) is 0 Å².